The van der Waals surface area contributed by atoms with Crippen molar-refractivity contribution in [3.63, 3.8) is 0 Å². The van der Waals surface area contributed by atoms with Crippen molar-refractivity contribution in [1.82, 2.24) is 5.32 Å². The molecule has 2 rings (SSSR count). The fourth-order valence-corrected chi connectivity index (χ4v) is 2.94. The molecule has 1 aliphatic rings. The first kappa shape index (κ1) is 16.3. The number of rotatable bonds is 3. The van der Waals surface area contributed by atoms with Gasteiger partial charge in [0.15, 0.2) is 0 Å². The molecule has 0 aliphatic heterocycles. The van der Waals surface area contributed by atoms with Gasteiger partial charge in [-0.15, -0.1) is 0 Å². The Morgan fingerprint density at radius 3 is 2.64 bits per heavy atom. The second kappa shape index (κ2) is 7.24. The molecular weight excluding hydrogens is 266 g/mol. The summed E-state index contributed by atoms with van der Waals surface area (Å²) < 4.78 is 0. The Bertz CT molecular complexity index is 646. The van der Waals surface area contributed by atoms with E-state index in [1.165, 1.54) is 16.7 Å². The van der Waals surface area contributed by atoms with E-state index < -0.39 is 0 Å². The average Bonchev–Trinajstić information content (AvgIpc) is 2.58. The van der Waals surface area contributed by atoms with Crippen molar-refractivity contribution < 1.29 is 0 Å². The lowest BCUT2D eigenvalue weighted by Gasteiger charge is -2.28. The van der Waals surface area contributed by atoms with Crippen LogP contribution < -0.4 is 5.32 Å². The van der Waals surface area contributed by atoms with E-state index in [-0.39, 0.29) is 12.0 Å². The van der Waals surface area contributed by atoms with Crippen molar-refractivity contribution in [3.05, 3.63) is 90.1 Å². The van der Waals surface area contributed by atoms with E-state index in [0.29, 0.717) is 0 Å². The Morgan fingerprint density at radius 2 is 2.00 bits per heavy atom. The van der Waals surface area contributed by atoms with Gasteiger partial charge in [0, 0.05) is 12.0 Å². The van der Waals surface area contributed by atoms with Gasteiger partial charge in [-0.25, -0.2) is 0 Å². The van der Waals surface area contributed by atoms with Crippen molar-refractivity contribution in [2.75, 3.05) is 7.05 Å². The summed E-state index contributed by atoms with van der Waals surface area (Å²) in [7, 11) is 1.99. The summed E-state index contributed by atoms with van der Waals surface area (Å²) in [6, 6.07) is 6.75. The van der Waals surface area contributed by atoms with Gasteiger partial charge in [-0.05, 0) is 48.2 Å². The third kappa shape index (κ3) is 3.37. The average molecular weight is 291 g/mol. The molecule has 1 aliphatic carbocycles. The van der Waals surface area contributed by atoms with Gasteiger partial charge in [0.25, 0.3) is 0 Å². The maximum absolute atomic E-state index is 4.32. The van der Waals surface area contributed by atoms with E-state index in [1.807, 2.05) is 13.1 Å². The highest BCUT2D eigenvalue weighted by molar-refractivity contribution is 5.55. The Balaban J connectivity index is 2.51. The Morgan fingerprint density at radius 1 is 1.23 bits per heavy atom. The number of nitrogens with one attached hydrogen (secondary N) is 1. The van der Waals surface area contributed by atoms with E-state index in [1.54, 1.807) is 0 Å². The fourth-order valence-electron chi connectivity index (χ4n) is 2.94. The minimum atomic E-state index is 0.175. The second-order valence-electron chi connectivity index (χ2n) is 5.73. The first-order valence-corrected chi connectivity index (χ1v) is 7.70. The molecule has 1 aromatic rings. The number of likely N-dealkylation sites (N-methyl/N-ethyl adjacent to an activating group) is 1. The van der Waals surface area contributed by atoms with E-state index in [9.17, 15) is 0 Å². The maximum atomic E-state index is 4.32. The largest absolute Gasteiger partial charge is 0.313 e. The zero-order valence-corrected chi connectivity index (χ0v) is 13.6. The van der Waals surface area contributed by atoms with E-state index in [4.69, 9.17) is 0 Å². The second-order valence-corrected chi connectivity index (χ2v) is 5.73. The number of benzene rings is 1. The molecule has 0 saturated heterocycles. The first-order chi connectivity index (χ1) is 10.6. The predicted molar refractivity (Wildman–Crippen MR) is 98.0 cm³/mol. The molecule has 0 saturated carbocycles. The lowest BCUT2D eigenvalue weighted by molar-refractivity contribution is 0.593. The van der Waals surface area contributed by atoms with Gasteiger partial charge in [-0.2, -0.15) is 0 Å². The molecule has 0 radical (unpaired) electrons. The molecule has 1 nitrogen and oxygen atoms in total. The molecule has 0 bridgehead atoms. The van der Waals surface area contributed by atoms with Crippen molar-refractivity contribution in [3.8, 4) is 0 Å². The Labute approximate surface area is 134 Å². The summed E-state index contributed by atoms with van der Waals surface area (Å²) >= 11 is 0. The van der Waals surface area contributed by atoms with Gasteiger partial charge in [-0.3, -0.25) is 0 Å². The highest BCUT2D eigenvalue weighted by atomic mass is 14.9. The zero-order valence-electron chi connectivity index (χ0n) is 13.6. The Kier molecular flexibility index (Phi) is 5.35. The monoisotopic (exact) mass is 291 g/mol. The highest BCUT2D eigenvalue weighted by Gasteiger charge is 2.24. The molecule has 1 aromatic carbocycles. The summed E-state index contributed by atoms with van der Waals surface area (Å²) in [5, 5.41) is 3.41. The van der Waals surface area contributed by atoms with Crippen LogP contribution in [0.4, 0.5) is 0 Å². The van der Waals surface area contributed by atoms with Gasteiger partial charge >= 0.3 is 0 Å². The third-order valence-corrected chi connectivity index (χ3v) is 4.29. The van der Waals surface area contributed by atoms with Crippen molar-refractivity contribution >= 4 is 6.08 Å². The van der Waals surface area contributed by atoms with Crippen LogP contribution in [-0.4, -0.2) is 13.1 Å². The third-order valence-electron chi connectivity index (χ3n) is 4.29. The van der Waals surface area contributed by atoms with E-state index in [2.05, 4.69) is 74.5 Å². The van der Waals surface area contributed by atoms with Crippen molar-refractivity contribution in [1.29, 1.82) is 0 Å². The topological polar surface area (TPSA) is 12.0 Å². The molecule has 1 heteroatoms. The lowest BCUT2D eigenvalue weighted by atomic mass is 9.81. The van der Waals surface area contributed by atoms with Crippen LogP contribution in [0.3, 0.4) is 0 Å². The van der Waals surface area contributed by atoms with Gasteiger partial charge in [0.1, 0.15) is 0 Å². The fraction of sp³-hybridized carbons (Fsp3) is 0.238. The SMILES string of the molecule is C=Cc1ccc(C2C(=C)C(=C)/C=C\C/C=C\C2NC)cc1C. The van der Waals surface area contributed by atoms with Gasteiger partial charge in [-0.1, -0.05) is 68.3 Å². The normalized spacial score (nSPS) is 25.0. The molecule has 0 fully saturated rings. The number of hydrogen-bond acceptors (Lipinski definition) is 1. The van der Waals surface area contributed by atoms with Gasteiger partial charge in [0.05, 0.1) is 0 Å². The summed E-state index contributed by atoms with van der Waals surface area (Å²) in [6.07, 6.45) is 11.4. The molecule has 2 unspecified atom stereocenters. The molecule has 0 spiro atoms. The summed E-state index contributed by atoms with van der Waals surface area (Å²) in [4.78, 5) is 0. The molecule has 2 atom stereocenters. The van der Waals surface area contributed by atoms with Crippen LogP contribution in [0, 0.1) is 6.92 Å². The van der Waals surface area contributed by atoms with Crippen LogP contribution >= 0.6 is 0 Å². The van der Waals surface area contributed by atoms with Gasteiger partial charge in [0.2, 0.25) is 0 Å². The minimum absolute atomic E-state index is 0.175. The van der Waals surface area contributed by atoms with Crippen LogP contribution in [0.5, 0.6) is 0 Å². The zero-order chi connectivity index (χ0) is 16.1. The lowest BCUT2D eigenvalue weighted by Crippen LogP contribution is -2.31. The number of allylic oxidation sites excluding steroid dienone is 4. The van der Waals surface area contributed by atoms with Crippen LogP contribution in [-0.2, 0) is 0 Å². The van der Waals surface area contributed by atoms with Crippen LogP contribution in [0.1, 0.15) is 29.0 Å². The molecule has 114 valence electrons. The van der Waals surface area contributed by atoms with E-state index >= 15 is 0 Å². The standard InChI is InChI=1S/C21H25N/c1-6-18-12-13-19(14-16(18)3)21-17(4)15(2)10-8-7-9-11-20(21)22-5/h6,8-14,20-22H,1-2,4,7H2,3,5H3/b10-8-,11-9-. The van der Waals surface area contributed by atoms with E-state index in [0.717, 1.165) is 17.6 Å². The van der Waals surface area contributed by atoms with Crippen molar-refractivity contribution in [2.24, 2.45) is 0 Å². The quantitative estimate of drug-likeness (QED) is 0.778. The first-order valence-electron chi connectivity index (χ1n) is 7.70. The number of hydrogen-bond donors (Lipinski definition) is 1. The molecule has 0 amide bonds. The van der Waals surface area contributed by atoms with Gasteiger partial charge < -0.3 is 5.32 Å². The molecule has 1 N–H and O–H groups in total. The van der Waals surface area contributed by atoms with Crippen LogP contribution in [0.25, 0.3) is 6.08 Å². The summed E-state index contributed by atoms with van der Waals surface area (Å²) in [5.74, 6) is 0.175. The molecule has 22 heavy (non-hydrogen) atoms. The Hall–Kier alpha value is -2.12. The molecule has 0 aromatic heterocycles. The summed E-state index contributed by atoms with van der Waals surface area (Å²) in [5.41, 5.74) is 5.73. The maximum Gasteiger partial charge on any atom is 0.0357 e. The van der Waals surface area contributed by atoms with Crippen LogP contribution in [0.2, 0.25) is 0 Å². The summed E-state index contributed by atoms with van der Waals surface area (Å²) in [6.45, 7) is 14.5. The highest BCUT2D eigenvalue weighted by Crippen LogP contribution is 2.34. The number of aryl methyl sites for hydroxylation is 1. The molecular formula is C21H25N. The van der Waals surface area contributed by atoms with Crippen molar-refractivity contribution in [2.45, 2.75) is 25.3 Å². The molecule has 0 heterocycles. The smallest absolute Gasteiger partial charge is 0.0357 e. The predicted octanol–water partition coefficient (Wildman–Crippen LogP) is 4.94. The minimum Gasteiger partial charge on any atom is -0.313 e. The van der Waals surface area contributed by atoms with Crippen LogP contribution in [0.15, 0.2) is 73.4 Å².